The van der Waals surface area contributed by atoms with Crippen LogP contribution < -0.4 is 4.72 Å². The second-order valence-corrected chi connectivity index (χ2v) is 6.18. The van der Waals surface area contributed by atoms with E-state index in [2.05, 4.69) is 4.72 Å². The molecule has 0 aromatic carbocycles. The molecule has 0 bridgehead atoms. The van der Waals surface area contributed by atoms with Crippen molar-refractivity contribution in [3.63, 3.8) is 0 Å². The molecule has 0 aromatic heterocycles. The van der Waals surface area contributed by atoms with E-state index in [-0.39, 0.29) is 24.1 Å². The number of sulfonamides is 1. The van der Waals surface area contributed by atoms with E-state index >= 15 is 0 Å². The lowest BCUT2D eigenvalue weighted by Crippen LogP contribution is -2.44. The van der Waals surface area contributed by atoms with Crippen LogP contribution in [0.5, 0.6) is 0 Å². The van der Waals surface area contributed by atoms with Crippen LogP contribution in [0.1, 0.15) is 13.8 Å². The Labute approximate surface area is 95.5 Å². The average Bonchev–Trinajstić information content (AvgIpc) is 2.14. The Bertz CT molecular complexity index is 278. The molecular weight excluding hydrogens is 242 g/mol. The van der Waals surface area contributed by atoms with E-state index in [0.717, 1.165) is 0 Å². The summed E-state index contributed by atoms with van der Waals surface area (Å²) in [7, 11) is -3.44. The predicted octanol–water partition coefficient (Wildman–Crippen LogP) is -0.476. The summed E-state index contributed by atoms with van der Waals surface area (Å²) < 4.78 is 25.0. The van der Waals surface area contributed by atoms with Gasteiger partial charge in [-0.15, -0.1) is 11.6 Å². The number of aliphatic hydroxyl groups excluding tert-OH is 1. The Morgan fingerprint density at radius 3 is 2.47 bits per heavy atom. The Morgan fingerprint density at radius 2 is 2.07 bits per heavy atom. The van der Waals surface area contributed by atoms with E-state index < -0.39 is 22.2 Å². The highest BCUT2D eigenvalue weighted by Crippen LogP contribution is 2.04. The third-order valence-electron chi connectivity index (χ3n) is 1.78. The van der Waals surface area contributed by atoms with Gasteiger partial charge in [-0.25, -0.2) is 13.1 Å². The second-order valence-electron chi connectivity index (χ2n) is 4.02. The van der Waals surface area contributed by atoms with Crippen molar-refractivity contribution in [1.82, 2.24) is 4.72 Å². The molecule has 0 fully saturated rings. The fourth-order valence-corrected chi connectivity index (χ4v) is 2.55. The number of hydrogen-bond donors (Lipinski definition) is 3. The van der Waals surface area contributed by atoms with Gasteiger partial charge in [0, 0.05) is 12.4 Å². The van der Waals surface area contributed by atoms with Gasteiger partial charge in [0.15, 0.2) is 0 Å². The molecule has 0 heterocycles. The molecule has 0 aromatic rings. The van der Waals surface area contributed by atoms with Gasteiger partial charge in [-0.1, -0.05) is 6.92 Å². The van der Waals surface area contributed by atoms with Crippen molar-refractivity contribution in [2.75, 3.05) is 24.8 Å². The lowest BCUT2D eigenvalue weighted by molar-refractivity contribution is 0.00680. The van der Waals surface area contributed by atoms with Crippen LogP contribution in [0.15, 0.2) is 0 Å². The highest BCUT2D eigenvalue weighted by atomic mass is 35.5. The quantitative estimate of drug-likeness (QED) is 0.539. The van der Waals surface area contributed by atoms with Crippen molar-refractivity contribution in [2.24, 2.45) is 5.92 Å². The maximum atomic E-state index is 11.4. The normalized spacial score (nSPS) is 18.5. The Morgan fingerprint density at radius 1 is 1.53 bits per heavy atom. The average molecular weight is 260 g/mol. The van der Waals surface area contributed by atoms with Crippen molar-refractivity contribution in [3.05, 3.63) is 0 Å². The van der Waals surface area contributed by atoms with Crippen molar-refractivity contribution in [1.29, 1.82) is 0 Å². The summed E-state index contributed by atoms with van der Waals surface area (Å²) in [6, 6.07) is 0. The van der Waals surface area contributed by atoms with Gasteiger partial charge in [0.25, 0.3) is 0 Å². The zero-order valence-electron chi connectivity index (χ0n) is 8.90. The molecule has 3 N–H and O–H groups in total. The molecule has 0 spiro atoms. The third kappa shape index (κ3) is 7.08. The molecule has 0 aliphatic rings. The van der Waals surface area contributed by atoms with Crippen LogP contribution in [-0.2, 0) is 10.0 Å². The van der Waals surface area contributed by atoms with Gasteiger partial charge in [-0.3, -0.25) is 0 Å². The van der Waals surface area contributed by atoms with E-state index in [1.165, 1.54) is 6.92 Å². The Hall–Kier alpha value is 0.120. The molecular formula is C8H18ClNO4S. The molecule has 0 rings (SSSR count). The second kappa shape index (κ2) is 6.00. The molecule has 7 heteroatoms. The third-order valence-corrected chi connectivity index (χ3v) is 3.90. The topological polar surface area (TPSA) is 86.6 Å². The lowest BCUT2D eigenvalue weighted by Gasteiger charge is -2.21. The first-order valence-corrected chi connectivity index (χ1v) is 6.77. The monoisotopic (exact) mass is 259 g/mol. The summed E-state index contributed by atoms with van der Waals surface area (Å²) in [5.41, 5.74) is -1.43. The molecule has 2 unspecified atom stereocenters. The number of aliphatic hydroxyl groups is 2. The first-order valence-electron chi connectivity index (χ1n) is 4.59. The molecule has 0 aliphatic carbocycles. The van der Waals surface area contributed by atoms with Crippen molar-refractivity contribution >= 4 is 21.6 Å². The van der Waals surface area contributed by atoms with Gasteiger partial charge in [0.05, 0.1) is 18.0 Å². The summed E-state index contributed by atoms with van der Waals surface area (Å²) in [5, 5.41) is 18.1. The van der Waals surface area contributed by atoms with E-state index in [1.54, 1.807) is 6.92 Å². The van der Waals surface area contributed by atoms with Gasteiger partial charge in [-0.05, 0) is 12.8 Å². The fourth-order valence-electron chi connectivity index (χ4n) is 0.799. The van der Waals surface area contributed by atoms with Crippen LogP contribution in [-0.4, -0.2) is 49.0 Å². The van der Waals surface area contributed by atoms with Crippen LogP contribution >= 0.6 is 11.6 Å². The SMILES string of the molecule is CC(CCl)CS(=O)(=O)NCC(C)(O)CO. The predicted molar refractivity (Wildman–Crippen MR) is 59.4 cm³/mol. The smallest absolute Gasteiger partial charge is 0.211 e. The maximum Gasteiger partial charge on any atom is 0.211 e. The molecule has 92 valence electrons. The van der Waals surface area contributed by atoms with Crippen molar-refractivity contribution < 1.29 is 18.6 Å². The summed E-state index contributed by atoms with van der Waals surface area (Å²) in [6.07, 6.45) is 0. The molecule has 5 nitrogen and oxygen atoms in total. The molecule has 15 heavy (non-hydrogen) atoms. The minimum absolute atomic E-state index is 0.0853. The molecule has 0 amide bonds. The number of nitrogens with one attached hydrogen (secondary N) is 1. The molecule has 0 saturated heterocycles. The van der Waals surface area contributed by atoms with Gasteiger partial charge in [0.2, 0.25) is 10.0 Å². The van der Waals surface area contributed by atoms with E-state index in [1.807, 2.05) is 0 Å². The highest BCUT2D eigenvalue weighted by molar-refractivity contribution is 7.89. The molecule has 2 atom stereocenters. The molecule has 0 saturated carbocycles. The first-order chi connectivity index (χ1) is 6.72. The van der Waals surface area contributed by atoms with Crippen LogP contribution in [0.2, 0.25) is 0 Å². The number of halogens is 1. The molecule has 0 radical (unpaired) electrons. The van der Waals surface area contributed by atoms with Gasteiger partial charge < -0.3 is 10.2 Å². The first kappa shape index (κ1) is 15.1. The molecule has 0 aliphatic heterocycles. The standard InChI is InChI=1S/C8H18ClNO4S/c1-7(3-9)4-15(13,14)10-5-8(2,12)6-11/h7,10-12H,3-6H2,1-2H3. The number of hydrogen-bond acceptors (Lipinski definition) is 4. The van der Waals surface area contributed by atoms with Crippen LogP contribution in [0, 0.1) is 5.92 Å². The zero-order chi connectivity index (χ0) is 12.1. The van der Waals surface area contributed by atoms with E-state index in [0.29, 0.717) is 0 Å². The van der Waals surface area contributed by atoms with Crippen LogP contribution in [0.25, 0.3) is 0 Å². The number of alkyl halides is 1. The Balaban J connectivity index is 4.17. The van der Waals surface area contributed by atoms with E-state index in [9.17, 15) is 13.5 Å². The van der Waals surface area contributed by atoms with Gasteiger partial charge in [-0.2, -0.15) is 0 Å². The van der Waals surface area contributed by atoms with Crippen molar-refractivity contribution in [3.8, 4) is 0 Å². The van der Waals surface area contributed by atoms with Crippen LogP contribution in [0.3, 0.4) is 0 Å². The highest BCUT2D eigenvalue weighted by Gasteiger charge is 2.23. The van der Waals surface area contributed by atoms with Crippen LogP contribution in [0.4, 0.5) is 0 Å². The zero-order valence-corrected chi connectivity index (χ0v) is 10.5. The number of rotatable bonds is 7. The largest absolute Gasteiger partial charge is 0.393 e. The minimum Gasteiger partial charge on any atom is -0.393 e. The van der Waals surface area contributed by atoms with Gasteiger partial charge in [0.1, 0.15) is 0 Å². The minimum atomic E-state index is -3.44. The van der Waals surface area contributed by atoms with Gasteiger partial charge >= 0.3 is 0 Å². The van der Waals surface area contributed by atoms with E-state index in [4.69, 9.17) is 16.7 Å². The maximum absolute atomic E-state index is 11.4. The summed E-state index contributed by atoms with van der Waals surface area (Å²) in [5.74, 6) is 0.0261. The summed E-state index contributed by atoms with van der Waals surface area (Å²) >= 11 is 5.49. The Kier molecular flexibility index (Phi) is 6.05. The summed E-state index contributed by atoms with van der Waals surface area (Å²) in [6.45, 7) is 2.36. The lowest BCUT2D eigenvalue weighted by atomic mass is 10.1. The van der Waals surface area contributed by atoms with Crippen molar-refractivity contribution in [2.45, 2.75) is 19.4 Å². The summed E-state index contributed by atoms with van der Waals surface area (Å²) in [4.78, 5) is 0. The fraction of sp³-hybridized carbons (Fsp3) is 1.00.